The van der Waals surface area contributed by atoms with Crippen molar-refractivity contribution in [1.29, 1.82) is 0 Å². The third-order valence-electron chi connectivity index (χ3n) is 4.82. The molecule has 3 rings (SSSR count). The van der Waals surface area contributed by atoms with Gasteiger partial charge in [-0.3, -0.25) is 0 Å². The molecule has 1 saturated heterocycles. The van der Waals surface area contributed by atoms with Gasteiger partial charge in [0.25, 0.3) is 0 Å². The van der Waals surface area contributed by atoms with Crippen LogP contribution in [0.15, 0.2) is 17.0 Å². The lowest BCUT2D eigenvalue weighted by atomic mass is 10.00. The summed E-state index contributed by atoms with van der Waals surface area (Å²) in [6.45, 7) is 3.31. The highest BCUT2D eigenvalue weighted by Gasteiger charge is 2.42. The number of primary sulfonamides is 1. The molecule has 3 atom stereocenters. The fourth-order valence-electron chi connectivity index (χ4n) is 3.75. The molecule has 2 fully saturated rings. The lowest BCUT2D eigenvalue weighted by Crippen LogP contribution is -2.26. The zero-order valence-electron chi connectivity index (χ0n) is 12.0. The minimum absolute atomic E-state index is 0.0788. The number of benzene rings is 1. The molecule has 1 aromatic carbocycles. The summed E-state index contributed by atoms with van der Waals surface area (Å²) < 4.78 is 23.4. The molecule has 0 aromatic heterocycles. The summed E-state index contributed by atoms with van der Waals surface area (Å²) in [6.07, 6.45) is 1.63. The molecule has 0 bridgehead atoms. The molecule has 0 amide bonds. The number of nitrogens with zero attached hydrogens (tertiary/aromatic N) is 1. The number of hydrogen-bond acceptors (Lipinski definition) is 5. The van der Waals surface area contributed by atoms with E-state index in [0.29, 0.717) is 17.2 Å². The summed E-state index contributed by atoms with van der Waals surface area (Å²) in [5, 5.41) is 15.3. The number of aliphatic hydroxyl groups is 1. The van der Waals surface area contributed by atoms with Crippen molar-refractivity contribution in [1.82, 2.24) is 0 Å². The molecule has 0 radical (unpaired) electrons. The van der Waals surface area contributed by atoms with Gasteiger partial charge < -0.3 is 15.7 Å². The molecule has 6 nitrogen and oxygen atoms in total. The van der Waals surface area contributed by atoms with Gasteiger partial charge in [-0.25, -0.2) is 13.6 Å². The third kappa shape index (κ3) is 2.49. The number of sulfonamides is 1. The van der Waals surface area contributed by atoms with E-state index in [1.165, 1.54) is 6.07 Å². The number of nitrogens with two attached hydrogens (primary N) is 2. The van der Waals surface area contributed by atoms with Crippen molar-refractivity contribution >= 4 is 21.4 Å². The van der Waals surface area contributed by atoms with Crippen LogP contribution in [0.4, 0.5) is 11.4 Å². The van der Waals surface area contributed by atoms with Crippen LogP contribution in [0.2, 0.25) is 0 Å². The second-order valence-corrected chi connectivity index (χ2v) is 7.71. The summed E-state index contributed by atoms with van der Waals surface area (Å²) in [6, 6.07) is 3.19. The van der Waals surface area contributed by atoms with Crippen molar-refractivity contribution in [3.8, 4) is 0 Å². The van der Waals surface area contributed by atoms with E-state index >= 15 is 0 Å². The SMILES string of the molecule is Cc1c(N2CC3CCC(O)C3C2)cc(N)cc1S(N)(=O)=O. The summed E-state index contributed by atoms with van der Waals surface area (Å²) in [4.78, 5) is 2.20. The van der Waals surface area contributed by atoms with E-state index in [1.54, 1.807) is 13.0 Å². The quantitative estimate of drug-likeness (QED) is 0.686. The fraction of sp³-hybridized carbons (Fsp3) is 0.571. The van der Waals surface area contributed by atoms with Gasteiger partial charge in [-0.05, 0) is 43.4 Å². The van der Waals surface area contributed by atoms with E-state index in [4.69, 9.17) is 10.9 Å². The largest absolute Gasteiger partial charge is 0.399 e. The van der Waals surface area contributed by atoms with Crippen LogP contribution < -0.4 is 15.8 Å². The van der Waals surface area contributed by atoms with Crippen molar-refractivity contribution in [2.75, 3.05) is 23.7 Å². The van der Waals surface area contributed by atoms with Crippen molar-refractivity contribution in [2.45, 2.75) is 30.8 Å². The summed E-state index contributed by atoms with van der Waals surface area (Å²) in [7, 11) is -3.79. The van der Waals surface area contributed by atoms with Gasteiger partial charge >= 0.3 is 0 Å². The lowest BCUT2D eigenvalue weighted by Gasteiger charge is -2.24. The van der Waals surface area contributed by atoms with Gasteiger partial charge in [0.05, 0.1) is 11.0 Å². The standard InChI is InChI=1S/C14H21N3O3S/c1-8-12(4-10(15)5-14(8)21(16,19)20)17-6-9-2-3-13(18)11(9)7-17/h4-5,9,11,13,18H,2-3,6-7,15H2,1H3,(H2,16,19,20). The summed E-state index contributed by atoms with van der Waals surface area (Å²) in [5.41, 5.74) is 7.66. The Labute approximate surface area is 124 Å². The lowest BCUT2D eigenvalue weighted by molar-refractivity contribution is 0.133. The highest BCUT2D eigenvalue weighted by atomic mass is 32.2. The van der Waals surface area contributed by atoms with Gasteiger partial charge in [0.2, 0.25) is 10.0 Å². The van der Waals surface area contributed by atoms with Gasteiger partial charge in [0.1, 0.15) is 0 Å². The molecule has 1 saturated carbocycles. The van der Waals surface area contributed by atoms with Crippen LogP contribution in [0.1, 0.15) is 18.4 Å². The van der Waals surface area contributed by atoms with Crippen molar-refractivity contribution < 1.29 is 13.5 Å². The van der Waals surface area contributed by atoms with Crippen LogP contribution in [-0.4, -0.2) is 32.7 Å². The third-order valence-corrected chi connectivity index (χ3v) is 5.86. The Morgan fingerprint density at radius 1 is 1.29 bits per heavy atom. The van der Waals surface area contributed by atoms with E-state index in [1.807, 2.05) is 0 Å². The van der Waals surface area contributed by atoms with Gasteiger partial charge in [-0.15, -0.1) is 0 Å². The first kappa shape index (κ1) is 14.6. The molecule has 2 aliphatic rings. The Morgan fingerprint density at radius 3 is 2.62 bits per heavy atom. The second-order valence-electron chi connectivity index (χ2n) is 6.18. The van der Waals surface area contributed by atoms with Crippen LogP contribution in [0.25, 0.3) is 0 Å². The summed E-state index contributed by atoms with van der Waals surface area (Å²) >= 11 is 0. The Morgan fingerprint density at radius 2 is 2.00 bits per heavy atom. The van der Waals surface area contributed by atoms with Gasteiger partial charge in [0.15, 0.2) is 0 Å². The molecule has 1 aliphatic heterocycles. The van der Waals surface area contributed by atoms with E-state index in [2.05, 4.69) is 4.90 Å². The maximum Gasteiger partial charge on any atom is 0.238 e. The first-order valence-corrected chi connectivity index (χ1v) is 8.68. The minimum atomic E-state index is -3.79. The summed E-state index contributed by atoms with van der Waals surface area (Å²) in [5.74, 6) is 0.738. The maximum absolute atomic E-state index is 11.7. The van der Waals surface area contributed by atoms with Crippen LogP contribution in [0, 0.1) is 18.8 Å². The molecule has 5 N–H and O–H groups in total. The van der Waals surface area contributed by atoms with Crippen molar-refractivity contribution in [3.05, 3.63) is 17.7 Å². The number of rotatable bonds is 2. The normalized spacial score (nSPS) is 28.9. The second kappa shape index (κ2) is 4.86. The van der Waals surface area contributed by atoms with Crippen LogP contribution in [-0.2, 0) is 10.0 Å². The average molecular weight is 311 g/mol. The predicted molar refractivity (Wildman–Crippen MR) is 81.4 cm³/mol. The van der Waals surface area contributed by atoms with Gasteiger partial charge in [0, 0.05) is 30.4 Å². The molecule has 1 aliphatic carbocycles. The zero-order valence-corrected chi connectivity index (χ0v) is 12.8. The van der Waals surface area contributed by atoms with Gasteiger partial charge in [-0.1, -0.05) is 0 Å². The van der Waals surface area contributed by atoms with Crippen molar-refractivity contribution in [2.24, 2.45) is 17.0 Å². The predicted octanol–water partition coefficient (Wildman–Crippen LogP) is 0.432. The van der Waals surface area contributed by atoms with Crippen LogP contribution in [0.5, 0.6) is 0 Å². The van der Waals surface area contributed by atoms with Crippen LogP contribution >= 0.6 is 0 Å². The average Bonchev–Trinajstić information content (AvgIpc) is 2.93. The smallest absolute Gasteiger partial charge is 0.238 e. The number of aliphatic hydroxyl groups excluding tert-OH is 1. The molecular formula is C14H21N3O3S. The molecule has 21 heavy (non-hydrogen) atoms. The number of nitrogen functional groups attached to an aromatic ring is 1. The molecule has 1 heterocycles. The number of hydrogen-bond donors (Lipinski definition) is 3. The molecule has 3 unspecified atom stereocenters. The zero-order chi connectivity index (χ0) is 15.4. The molecule has 116 valence electrons. The minimum Gasteiger partial charge on any atom is -0.399 e. The van der Waals surface area contributed by atoms with E-state index in [-0.39, 0.29) is 16.9 Å². The van der Waals surface area contributed by atoms with Crippen molar-refractivity contribution in [3.63, 3.8) is 0 Å². The molecule has 1 aromatic rings. The first-order chi connectivity index (χ1) is 9.77. The van der Waals surface area contributed by atoms with E-state index in [9.17, 15) is 13.5 Å². The highest BCUT2D eigenvalue weighted by molar-refractivity contribution is 7.89. The van der Waals surface area contributed by atoms with Gasteiger partial charge in [-0.2, -0.15) is 0 Å². The molecule has 7 heteroatoms. The van der Waals surface area contributed by atoms with E-state index < -0.39 is 10.0 Å². The number of fused-ring (bicyclic) bond motifs is 1. The Hall–Kier alpha value is -1.31. The highest BCUT2D eigenvalue weighted by Crippen LogP contribution is 2.41. The molecular weight excluding hydrogens is 290 g/mol. The Bertz CT molecular complexity index is 674. The fourth-order valence-corrected chi connectivity index (χ4v) is 4.58. The first-order valence-electron chi connectivity index (χ1n) is 7.13. The monoisotopic (exact) mass is 311 g/mol. The Balaban J connectivity index is 1.99. The topological polar surface area (TPSA) is 110 Å². The maximum atomic E-state index is 11.7. The molecule has 0 spiro atoms. The van der Waals surface area contributed by atoms with Crippen LogP contribution in [0.3, 0.4) is 0 Å². The number of anilines is 2. The Kier molecular flexibility index (Phi) is 3.38. The van der Waals surface area contributed by atoms with E-state index in [0.717, 1.165) is 31.6 Å².